The van der Waals surface area contributed by atoms with Crippen LogP contribution in [0.1, 0.15) is 46.5 Å². The summed E-state index contributed by atoms with van der Waals surface area (Å²) in [6.07, 6.45) is 6.70. The van der Waals surface area contributed by atoms with Gasteiger partial charge >= 0.3 is 11.9 Å². The number of carbonyl (C=O) groups excluding carboxylic acids is 2. The third-order valence-electron chi connectivity index (χ3n) is 5.85. The number of hydrogen-bond donors (Lipinski definition) is 0. The van der Waals surface area contributed by atoms with Crippen molar-refractivity contribution >= 4 is 31.6 Å². The van der Waals surface area contributed by atoms with Gasteiger partial charge in [0.15, 0.2) is 29.2 Å². The van der Waals surface area contributed by atoms with Crippen LogP contribution in [0.2, 0.25) is 0 Å². The minimum absolute atomic E-state index is 0.0327. The molecule has 0 spiro atoms. The van der Waals surface area contributed by atoms with Gasteiger partial charge in [-0.05, 0) is 51.7 Å². The van der Waals surface area contributed by atoms with E-state index in [-0.39, 0.29) is 49.5 Å². The van der Waals surface area contributed by atoms with E-state index in [1.165, 1.54) is 24.3 Å². The number of esters is 2. The zero-order valence-corrected chi connectivity index (χ0v) is 22.8. The highest BCUT2D eigenvalue weighted by Crippen LogP contribution is 2.35. The molecule has 1 aliphatic carbocycles. The maximum absolute atomic E-state index is 13.0. The van der Waals surface area contributed by atoms with Gasteiger partial charge in [-0.1, -0.05) is 49.4 Å². The first-order valence-electron chi connectivity index (χ1n) is 11.7. The molecule has 1 aromatic carbocycles. The third kappa shape index (κ3) is 6.34. The van der Waals surface area contributed by atoms with Gasteiger partial charge in [0.1, 0.15) is 0 Å². The zero-order chi connectivity index (χ0) is 27.5. The second kappa shape index (κ2) is 13.5. The average Bonchev–Trinajstić information content (AvgIpc) is 3.37. The van der Waals surface area contributed by atoms with Crippen molar-refractivity contribution in [3.8, 4) is 0 Å². The van der Waals surface area contributed by atoms with Gasteiger partial charge in [0.2, 0.25) is 0 Å². The van der Waals surface area contributed by atoms with Gasteiger partial charge in [-0.25, -0.2) is 16.8 Å². The molecule has 0 amide bonds. The summed E-state index contributed by atoms with van der Waals surface area (Å²) >= 11 is 0. The topological polar surface area (TPSA) is 121 Å². The van der Waals surface area contributed by atoms with Crippen LogP contribution in [0.3, 0.4) is 0 Å². The molecule has 200 valence electrons. The van der Waals surface area contributed by atoms with E-state index in [0.29, 0.717) is 0 Å². The van der Waals surface area contributed by atoms with Gasteiger partial charge in [-0.15, -0.1) is 13.2 Å². The summed E-state index contributed by atoms with van der Waals surface area (Å²) in [4.78, 5) is 24.2. The maximum Gasteiger partial charge on any atom is 0.328 e. The Balaban J connectivity index is 0.000000381. The Hall–Kier alpha value is -2.72. The Morgan fingerprint density at radius 3 is 1.83 bits per heavy atom. The number of rotatable bonds is 12. The first-order valence-corrected chi connectivity index (χ1v) is 14.8. The summed E-state index contributed by atoms with van der Waals surface area (Å²) in [5, 5.41) is 0. The molecule has 10 heteroatoms. The maximum atomic E-state index is 13.0. The standard InChI is InChI=1S/C16H20O4S.C10H16O4S/c1-4-12-16(13-5-2,15(17)20-6-3)21(18,19)14-10-8-7-9-11-14;1-3-14-9(11)10(7-5-6-8-10)15(12,13)4-2/h4-5,7-11H,1-2,6,12-13H2,3H3;5-6H,3-4,7-8H2,1-2H3. The van der Waals surface area contributed by atoms with E-state index in [0.717, 1.165) is 0 Å². The van der Waals surface area contributed by atoms with Crippen molar-refractivity contribution in [2.75, 3.05) is 19.0 Å². The number of allylic oxidation sites excluding steroid dienone is 4. The second-order valence-corrected chi connectivity index (χ2v) is 12.9. The van der Waals surface area contributed by atoms with Crippen LogP contribution < -0.4 is 0 Å². The predicted molar refractivity (Wildman–Crippen MR) is 140 cm³/mol. The molecule has 1 aliphatic rings. The first-order chi connectivity index (χ1) is 17.0. The Morgan fingerprint density at radius 1 is 0.917 bits per heavy atom. The van der Waals surface area contributed by atoms with Crippen molar-refractivity contribution in [1.82, 2.24) is 0 Å². The Morgan fingerprint density at radius 2 is 1.42 bits per heavy atom. The van der Waals surface area contributed by atoms with E-state index < -0.39 is 41.1 Å². The van der Waals surface area contributed by atoms with Crippen LogP contribution in [0, 0.1) is 0 Å². The third-order valence-corrected chi connectivity index (χ3v) is 10.7. The van der Waals surface area contributed by atoms with Gasteiger partial charge in [-0.3, -0.25) is 9.59 Å². The monoisotopic (exact) mass is 540 g/mol. The summed E-state index contributed by atoms with van der Waals surface area (Å²) in [5.74, 6) is -1.42. The summed E-state index contributed by atoms with van der Waals surface area (Å²) < 4.78 is 56.5. The lowest BCUT2D eigenvalue weighted by molar-refractivity contribution is -0.147. The molecular formula is C26H36O8S2. The van der Waals surface area contributed by atoms with E-state index >= 15 is 0 Å². The second-order valence-electron chi connectivity index (χ2n) is 8.01. The van der Waals surface area contributed by atoms with Crippen LogP contribution in [0.5, 0.6) is 0 Å². The van der Waals surface area contributed by atoms with Crippen LogP contribution >= 0.6 is 0 Å². The molecule has 0 unspecified atom stereocenters. The molecule has 0 N–H and O–H groups in total. The Labute approximate surface area is 214 Å². The quantitative estimate of drug-likeness (QED) is 0.288. The lowest BCUT2D eigenvalue weighted by Gasteiger charge is -2.29. The molecule has 0 aromatic heterocycles. The van der Waals surface area contributed by atoms with E-state index in [1.54, 1.807) is 51.1 Å². The molecular weight excluding hydrogens is 504 g/mol. The fraction of sp³-hybridized carbons (Fsp3) is 0.462. The molecule has 0 aliphatic heterocycles. The highest BCUT2D eigenvalue weighted by molar-refractivity contribution is 7.94. The van der Waals surface area contributed by atoms with Crippen LogP contribution in [-0.4, -0.2) is 57.2 Å². The minimum atomic E-state index is -3.93. The van der Waals surface area contributed by atoms with E-state index in [4.69, 9.17) is 9.47 Å². The number of ether oxygens (including phenoxy) is 2. The van der Waals surface area contributed by atoms with Crippen LogP contribution in [0.15, 0.2) is 72.7 Å². The summed E-state index contributed by atoms with van der Waals surface area (Å²) in [6.45, 7) is 12.3. The molecule has 0 heterocycles. The molecule has 36 heavy (non-hydrogen) atoms. The highest BCUT2D eigenvalue weighted by atomic mass is 32.2. The molecule has 8 nitrogen and oxygen atoms in total. The molecule has 1 aromatic rings. The minimum Gasteiger partial charge on any atom is -0.465 e. The van der Waals surface area contributed by atoms with E-state index in [9.17, 15) is 26.4 Å². The highest BCUT2D eigenvalue weighted by Gasteiger charge is 2.51. The van der Waals surface area contributed by atoms with Gasteiger partial charge in [0.05, 0.1) is 18.1 Å². The molecule has 0 radical (unpaired) electrons. The van der Waals surface area contributed by atoms with Crippen molar-refractivity contribution in [3.63, 3.8) is 0 Å². The van der Waals surface area contributed by atoms with Gasteiger partial charge in [-0.2, -0.15) is 0 Å². The average molecular weight is 541 g/mol. The molecule has 0 atom stereocenters. The first kappa shape index (κ1) is 31.3. The van der Waals surface area contributed by atoms with Crippen molar-refractivity contribution in [3.05, 3.63) is 67.8 Å². The Bertz CT molecular complexity index is 1130. The number of benzene rings is 1. The van der Waals surface area contributed by atoms with Gasteiger partial charge in [0.25, 0.3) is 0 Å². The fourth-order valence-electron chi connectivity index (χ4n) is 3.85. The summed E-state index contributed by atoms with van der Waals surface area (Å²) in [5.41, 5.74) is 0. The normalized spacial score (nSPS) is 14.8. The summed E-state index contributed by atoms with van der Waals surface area (Å²) in [7, 11) is -7.34. The lowest BCUT2D eigenvalue weighted by Crippen LogP contribution is -2.47. The zero-order valence-electron chi connectivity index (χ0n) is 21.1. The van der Waals surface area contributed by atoms with Crippen molar-refractivity contribution < 1.29 is 35.9 Å². The van der Waals surface area contributed by atoms with Crippen molar-refractivity contribution in [2.45, 2.75) is 60.8 Å². The molecule has 0 bridgehead atoms. The van der Waals surface area contributed by atoms with Crippen LogP contribution in [0.4, 0.5) is 0 Å². The van der Waals surface area contributed by atoms with E-state index in [2.05, 4.69) is 13.2 Å². The lowest BCUT2D eigenvalue weighted by atomic mass is 10.0. The van der Waals surface area contributed by atoms with Crippen molar-refractivity contribution in [1.29, 1.82) is 0 Å². The van der Waals surface area contributed by atoms with Gasteiger partial charge < -0.3 is 9.47 Å². The molecule has 2 rings (SSSR count). The predicted octanol–water partition coefficient (Wildman–Crippen LogP) is 3.99. The van der Waals surface area contributed by atoms with Crippen LogP contribution in [-0.2, 0) is 38.7 Å². The molecule has 0 fully saturated rings. The SMILES string of the molecule is C=CCC(CC=C)(C(=O)OCC)S(=O)(=O)c1ccccc1.CCOC(=O)C1(S(=O)(=O)CC)CC=CC1. The smallest absolute Gasteiger partial charge is 0.328 e. The van der Waals surface area contributed by atoms with Crippen molar-refractivity contribution in [2.24, 2.45) is 0 Å². The largest absolute Gasteiger partial charge is 0.465 e. The number of sulfone groups is 2. The summed E-state index contributed by atoms with van der Waals surface area (Å²) in [6, 6.07) is 7.88. The number of hydrogen-bond acceptors (Lipinski definition) is 8. The molecule has 0 saturated carbocycles. The number of carbonyl (C=O) groups is 2. The van der Waals surface area contributed by atoms with Crippen LogP contribution in [0.25, 0.3) is 0 Å². The van der Waals surface area contributed by atoms with E-state index in [1.807, 2.05) is 0 Å². The fourth-order valence-corrected chi connectivity index (χ4v) is 7.34. The molecule has 0 saturated heterocycles. The Kier molecular flexibility index (Phi) is 11.8. The van der Waals surface area contributed by atoms with Gasteiger partial charge in [0, 0.05) is 5.75 Å².